The van der Waals surface area contributed by atoms with Crippen LogP contribution in [0.25, 0.3) is 0 Å². The van der Waals surface area contributed by atoms with Gasteiger partial charge in [0.1, 0.15) is 0 Å². The molecule has 3 rings (SSSR count). The fourth-order valence-corrected chi connectivity index (χ4v) is 5.30. The van der Waals surface area contributed by atoms with Crippen LogP contribution in [0.4, 0.5) is 13.2 Å². The summed E-state index contributed by atoms with van der Waals surface area (Å²) in [6.07, 6.45) is -4.55. The summed E-state index contributed by atoms with van der Waals surface area (Å²) in [5, 5.41) is -0.788. The smallest absolute Gasteiger partial charge is 0.280 e. The highest BCUT2D eigenvalue weighted by Crippen LogP contribution is 2.41. The quantitative estimate of drug-likeness (QED) is 0.651. The van der Waals surface area contributed by atoms with Crippen LogP contribution < -0.4 is 0 Å². The predicted molar refractivity (Wildman–Crippen MR) is 103 cm³/mol. The monoisotopic (exact) mass is 445 g/mol. The summed E-state index contributed by atoms with van der Waals surface area (Å²) in [6.45, 7) is 1.79. The van der Waals surface area contributed by atoms with Gasteiger partial charge in [-0.15, -0.1) is 0 Å². The fraction of sp³-hybridized carbons (Fsp3) is 0.350. The molecule has 0 unspecified atom stereocenters. The summed E-state index contributed by atoms with van der Waals surface area (Å²) >= 11 is 5.82. The molecule has 1 aliphatic heterocycles. The van der Waals surface area contributed by atoms with Gasteiger partial charge in [0.25, 0.3) is 0 Å². The number of benzene rings is 2. The van der Waals surface area contributed by atoms with E-state index in [1.165, 1.54) is 28.6 Å². The first-order valence-corrected chi connectivity index (χ1v) is 10.7. The van der Waals surface area contributed by atoms with E-state index in [9.17, 15) is 26.4 Å². The minimum atomic E-state index is -4.55. The number of hydrogen-bond donors (Lipinski definition) is 0. The first-order valence-electron chi connectivity index (χ1n) is 8.91. The highest BCUT2D eigenvalue weighted by atomic mass is 35.5. The molecule has 29 heavy (non-hydrogen) atoms. The Kier molecular flexibility index (Phi) is 5.82. The van der Waals surface area contributed by atoms with Gasteiger partial charge < -0.3 is 0 Å². The fourth-order valence-electron chi connectivity index (χ4n) is 3.56. The Morgan fingerprint density at radius 3 is 2.17 bits per heavy atom. The first kappa shape index (κ1) is 21.8. The number of halogens is 4. The molecular weight excluding hydrogens is 427 g/mol. The lowest BCUT2D eigenvalue weighted by atomic mass is 9.74. The zero-order chi connectivity index (χ0) is 21.4. The molecule has 1 aliphatic rings. The van der Waals surface area contributed by atoms with Crippen LogP contribution in [0.2, 0.25) is 0 Å². The van der Waals surface area contributed by atoms with Crippen LogP contribution in [-0.2, 0) is 26.4 Å². The van der Waals surface area contributed by atoms with Gasteiger partial charge >= 0.3 is 6.18 Å². The minimum Gasteiger partial charge on any atom is -0.280 e. The van der Waals surface area contributed by atoms with Gasteiger partial charge in [-0.1, -0.05) is 35.9 Å². The lowest BCUT2D eigenvalue weighted by Gasteiger charge is -2.39. The van der Waals surface area contributed by atoms with Crippen molar-refractivity contribution in [1.29, 1.82) is 0 Å². The van der Waals surface area contributed by atoms with Crippen LogP contribution in [-0.4, -0.2) is 31.1 Å². The average molecular weight is 446 g/mol. The molecule has 0 saturated carbocycles. The van der Waals surface area contributed by atoms with Crippen molar-refractivity contribution in [3.8, 4) is 0 Å². The Hall–Kier alpha value is -1.90. The third kappa shape index (κ3) is 4.20. The van der Waals surface area contributed by atoms with E-state index in [1.54, 1.807) is 12.1 Å². The molecule has 0 aliphatic carbocycles. The molecule has 0 N–H and O–H groups in total. The number of alkyl halides is 3. The molecule has 0 bridgehead atoms. The second kappa shape index (κ2) is 7.74. The Bertz CT molecular complexity index is 1010. The molecule has 0 aromatic heterocycles. The van der Waals surface area contributed by atoms with Gasteiger partial charge in [-0.05, 0) is 55.1 Å². The average Bonchev–Trinajstić information content (AvgIpc) is 2.67. The van der Waals surface area contributed by atoms with E-state index in [-0.39, 0.29) is 36.4 Å². The molecular formula is C20H19ClF3NO3S. The third-order valence-corrected chi connectivity index (χ3v) is 7.63. The largest absolute Gasteiger partial charge is 0.416 e. The van der Waals surface area contributed by atoms with Gasteiger partial charge in [0, 0.05) is 13.1 Å². The summed E-state index contributed by atoms with van der Waals surface area (Å²) in [5.41, 5.74) is -1.16. The van der Waals surface area contributed by atoms with E-state index in [1.807, 2.05) is 6.92 Å². The van der Waals surface area contributed by atoms with Crippen molar-refractivity contribution >= 4 is 26.9 Å². The predicted octanol–water partition coefficient (Wildman–Crippen LogP) is 4.50. The number of rotatable bonds is 4. The summed E-state index contributed by atoms with van der Waals surface area (Å²) in [4.78, 5) is 12.4. The van der Waals surface area contributed by atoms with Gasteiger partial charge in [-0.2, -0.15) is 17.5 Å². The molecule has 9 heteroatoms. The molecule has 0 radical (unpaired) electrons. The zero-order valence-electron chi connectivity index (χ0n) is 15.5. The number of piperidine rings is 1. The second-order valence-corrected chi connectivity index (χ2v) is 9.43. The lowest BCUT2D eigenvalue weighted by Crippen LogP contribution is -2.47. The minimum absolute atomic E-state index is 0.00172. The van der Waals surface area contributed by atoms with Crippen molar-refractivity contribution in [3.63, 3.8) is 0 Å². The molecule has 1 heterocycles. The van der Waals surface area contributed by atoms with Crippen LogP contribution in [0.15, 0.2) is 53.4 Å². The van der Waals surface area contributed by atoms with E-state index < -0.39 is 32.4 Å². The van der Waals surface area contributed by atoms with E-state index >= 15 is 0 Å². The number of carbonyl (C=O) groups excluding carboxylic acids is 1. The molecule has 0 amide bonds. The van der Waals surface area contributed by atoms with Gasteiger partial charge in [0.15, 0.2) is 0 Å². The van der Waals surface area contributed by atoms with E-state index in [0.717, 1.165) is 17.7 Å². The number of aryl methyl sites for hydroxylation is 1. The van der Waals surface area contributed by atoms with Crippen LogP contribution in [0, 0.1) is 6.92 Å². The number of carbonyl (C=O) groups is 1. The maximum Gasteiger partial charge on any atom is 0.416 e. The molecule has 4 nitrogen and oxygen atoms in total. The van der Waals surface area contributed by atoms with Crippen molar-refractivity contribution in [2.75, 3.05) is 13.1 Å². The molecule has 0 atom stereocenters. The highest BCUT2D eigenvalue weighted by molar-refractivity contribution is 7.89. The van der Waals surface area contributed by atoms with Gasteiger partial charge in [-0.3, -0.25) is 4.79 Å². The second-order valence-electron chi connectivity index (χ2n) is 7.15. The van der Waals surface area contributed by atoms with E-state index in [0.29, 0.717) is 0 Å². The molecule has 2 aromatic carbocycles. The lowest BCUT2D eigenvalue weighted by molar-refractivity contribution is -0.137. The van der Waals surface area contributed by atoms with E-state index in [2.05, 4.69) is 0 Å². The van der Waals surface area contributed by atoms with Crippen molar-refractivity contribution in [2.24, 2.45) is 0 Å². The number of sulfonamides is 1. The SMILES string of the molecule is Cc1ccc(S(=O)(=O)N2CCC(C(=O)Cl)(c3cccc(C(F)(F)F)c3)CC2)cc1. The molecule has 1 fully saturated rings. The van der Waals surface area contributed by atoms with Crippen molar-refractivity contribution in [1.82, 2.24) is 4.31 Å². The van der Waals surface area contributed by atoms with Crippen LogP contribution in [0.1, 0.15) is 29.5 Å². The third-order valence-electron chi connectivity index (χ3n) is 5.35. The molecule has 2 aromatic rings. The Morgan fingerprint density at radius 1 is 1.07 bits per heavy atom. The standard InChI is InChI=1S/C20H19ClF3NO3S/c1-14-5-7-17(8-6-14)29(27,28)25-11-9-19(10-12-25,18(21)26)15-3-2-4-16(13-15)20(22,23)24/h2-8,13H,9-12H2,1H3. The maximum absolute atomic E-state index is 13.1. The molecule has 0 spiro atoms. The number of hydrogen-bond acceptors (Lipinski definition) is 3. The maximum atomic E-state index is 13.1. The van der Waals surface area contributed by atoms with Crippen molar-refractivity contribution in [2.45, 2.75) is 36.3 Å². The van der Waals surface area contributed by atoms with E-state index in [4.69, 9.17) is 11.6 Å². The molecule has 1 saturated heterocycles. The Labute approximate surface area is 172 Å². The normalized spacial score (nSPS) is 17.8. The number of nitrogens with zero attached hydrogens (tertiary/aromatic N) is 1. The van der Waals surface area contributed by atoms with Crippen LogP contribution in [0.3, 0.4) is 0 Å². The van der Waals surface area contributed by atoms with Gasteiger partial charge in [-0.25, -0.2) is 8.42 Å². The van der Waals surface area contributed by atoms with Crippen LogP contribution >= 0.6 is 11.6 Å². The topological polar surface area (TPSA) is 54.5 Å². The summed E-state index contributed by atoms with van der Waals surface area (Å²) in [5.74, 6) is 0. The van der Waals surface area contributed by atoms with Gasteiger partial charge in [0.2, 0.25) is 15.3 Å². The Morgan fingerprint density at radius 2 is 1.66 bits per heavy atom. The molecule has 156 valence electrons. The summed E-state index contributed by atoms with van der Waals surface area (Å²) in [6, 6.07) is 10.9. The van der Waals surface area contributed by atoms with Crippen molar-refractivity contribution < 1.29 is 26.4 Å². The summed E-state index contributed by atoms with van der Waals surface area (Å²) < 4.78 is 66.2. The van der Waals surface area contributed by atoms with Crippen molar-refractivity contribution in [3.05, 3.63) is 65.2 Å². The highest BCUT2D eigenvalue weighted by Gasteiger charge is 2.45. The van der Waals surface area contributed by atoms with Gasteiger partial charge in [0.05, 0.1) is 15.9 Å². The first-order chi connectivity index (χ1) is 13.5. The zero-order valence-corrected chi connectivity index (χ0v) is 17.1. The van der Waals surface area contributed by atoms with Crippen LogP contribution in [0.5, 0.6) is 0 Å². The Balaban J connectivity index is 1.89. The summed E-state index contributed by atoms with van der Waals surface area (Å²) in [7, 11) is -3.77.